The molecule has 0 spiro atoms. The third-order valence-corrected chi connectivity index (χ3v) is 2.52. The van der Waals surface area contributed by atoms with Crippen molar-refractivity contribution in [2.45, 2.75) is 13.8 Å². The molecule has 0 aliphatic rings. The Kier molecular flexibility index (Phi) is 5.63. The molecule has 0 aromatic heterocycles. The predicted octanol–water partition coefficient (Wildman–Crippen LogP) is 3.12. The first kappa shape index (κ1) is 13.3. The number of halogens is 1. The first-order valence-corrected chi connectivity index (χ1v) is 6.25. The topological polar surface area (TPSA) is 47.3 Å². The highest BCUT2D eigenvalue weighted by molar-refractivity contribution is 9.10. The highest BCUT2D eigenvalue weighted by Gasteiger charge is 1.99. The van der Waals surface area contributed by atoms with Gasteiger partial charge in [0.25, 0.3) is 0 Å². The van der Waals surface area contributed by atoms with Crippen LogP contribution in [-0.4, -0.2) is 19.8 Å². The Morgan fingerprint density at radius 3 is 2.81 bits per heavy atom. The van der Waals surface area contributed by atoms with Gasteiger partial charge in [-0.1, -0.05) is 29.8 Å². The largest absolute Gasteiger partial charge is 0.397 e. The van der Waals surface area contributed by atoms with Gasteiger partial charge in [0.05, 0.1) is 18.0 Å². The fourth-order valence-electron chi connectivity index (χ4n) is 1.27. The van der Waals surface area contributed by atoms with Crippen molar-refractivity contribution in [2.75, 3.05) is 30.8 Å². The van der Waals surface area contributed by atoms with E-state index in [0.717, 1.165) is 29.0 Å². The zero-order chi connectivity index (χ0) is 12.0. The van der Waals surface area contributed by atoms with E-state index >= 15 is 0 Å². The minimum Gasteiger partial charge on any atom is -0.397 e. The molecule has 0 fully saturated rings. The van der Waals surface area contributed by atoms with Crippen LogP contribution in [-0.2, 0) is 4.74 Å². The third-order valence-electron chi connectivity index (χ3n) is 2.03. The predicted molar refractivity (Wildman–Crippen MR) is 72.7 cm³/mol. The highest BCUT2D eigenvalue weighted by atomic mass is 79.9. The van der Waals surface area contributed by atoms with E-state index in [9.17, 15) is 0 Å². The zero-order valence-electron chi connectivity index (χ0n) is 9.79. The Bertz CT molecular complexity index is 329. The van der Waals surface area contributed by atoms with Crippen molar-refractivity contribution in [3.63, 3.8) is 0 Å². The number of benzene rings is 1. The van der Waals surface area contributed by atoms with Crippen LogP contribution >= 0.6 is 15.9 Å². The smallest absolute Gasteiger partial charge is 0.0639 e. The molecule has 0 atom stereocenters. The fraction of sp³-hybridized carbons (Fsp3) is 0.500. The molecular formula is C12H19BrN2O. The maximum absolute atomic E-state index is 5.85. The monoisotopic (exact) mass is 286 g/mol. The van der Waals surface area contributed by atoms with E-state index in [-0.39, 0.29) is 0 Å². The Labute approximate surface area is 105 Å². The van der Waals surface area contributed by atoms with Gasteiger partial charge in [-0.25, -0.2) is 0 Å². The Balaban J connectivity index is 2.27. The molecule has 0 aliphatic heterocycles. The van der Waals surface area contributed by atoms with Crippen LogP contribution in [0.5, 0.6) is 0 Å². The Hall–Kier alpha value is -0.740. The summed E-state index contributed by atoms with van der Waals surface area (Å²) < 4.78 is 6.46. The quantitative estimate of drug-likeness (QED) is 0.624. The molecule has 4 heteroatoms. The van der Waals surface area contributed by atoms with Crippen LogP contribution in [0.1, 0.15) is 13.8 Å². The van der Waals surface area contributed by atoms with Gasteiger partial charge in [-0.3, -0.25) is 0 Å². The summed E-state index contributed by atoms with van der Waals surface area (Å²) >= 11 is 3.37. The van der Waals surface area contributed by atoms with E-state index in [1.807, 2.05) is 18.2 Å². The molecule has 0 unspecified atom stereocenters. The number of rotatable bonds is 6. The van der Waals surface area contributed by atoms with E-state index in [2.05, 4.69) is 35.1 Å². The van der Waals surface area contributed by atoms with Gasteiger partial charge in [0, 0.05) is 17.6 Å². The van der Waals surface area contributed by atoms with E-state index in [1.165, 1.54) is 0 Å². The second kappa shape index (κ2) is 6.76. The summed E-state index contributed by atoms with van der Waals surface area (Å²) in [7, 11) is 0. The van der Waals surface area contributed by atoms with Gasteiger partial charge in [0.15, 0.2) is 0 Å². The van der Waals surface area contributed by atoms with Crippen molar-refractivity contribution >= 4 is 27.3 Å². The summed E-state index contributed by atoms with van der Waals surface area (Å²) in [5.74, 6) is 0.581. The maximum atomic E-state index is 5.85. The van der Waals surface area contributed by atoms with E-state index in [1.54, 1.807) is 0 Å². The lowest BCUT2D eigenvalue weighted by Gasteiger charge is -2.10. The third kappa shape index (κ3) is 4.86. The highest BCUT2D eigenvalue weighted by Crippen LogP contribution is 2.22. The number of nitrogens with two attached hydrogens (primary N) is 1. The van der Waals surface area contributed by atoms with Crippen LogP contribution in [0.15, 0.2) is 22.7 Å². The van der Waals surface area contributed by atoms with Gasteiger partial charge in [-0.15, -0.1) is 0 Å². The molecule has 0 bridgehead atoms. The van der Waals surface area contributed by atoms with Gasteiger partial charge in [0.1, 0.15) is 0 Å². The van der Waals surface area contributed by atoms with Crippen LogP contribution in [0.4, 0.5) is 11.4 Å². The lowest BCUT2D eigenvalue weighted by Crippen LogP contribution is -2.12. The SMILES string of the molecule is CC(C)COCCNc1ccc(Br)cc1N. The maximum Gasteiger partial charge on any atom is 0.0639 e. The van der Waals surface area contributed by atoms with E-state index < -0.39 is 0 Å². The Morgan fingerprint density at radius 1 is 1.44 bits per heavy atom. The minimum atomic E-state index is 0.581. The first-order chi connectivity index (χ1) is 7.59. The fourth-order valence-corrected chi connectivity index (χ4v) is 1.65. The molecule has 1 aromatic carbocycles. The van der Waals surface area contributed by atoms with Crippen molar-refractivity contribution in [3.8, 4) is 0 Å². The van der Waals surface area contributed by atoms with Crippen LogP contribution in [0.2, 0.25) is 0 Å². The molecule has 16 heavy (non-hydrogen) atoms. The van der Waals surface area contributed by atoms with Gasteiger partial charge in [-0.05, 0) is 24.1 Å². The van der Waals surface area contributed by atoms with Gasteiger partial charge in [-0.2, -0.15) is 0 Å². The normalized spacial score (nSPS) is 10.8. The summed E-state index contributed by atoms with van der Waals surface area (Å²) in [6.07, 6.45) is 0. The molecule has 0 radical (unpaired) electrons. The van der Waals surface area contributed by atoms with E-state index in [4.69, 9.17) is 10.5 Å². The van der Waals surface area contributed by atoms with Crippen molar-refractivity contribution in [3.05, 3.63) is 22.7 Å². The standard InChI is InChI=1S/C12H19BrN2O/c1-9(2)8-16-6-5-15-12-4-3-10(13)7-11(12)14/h3-4,7,9,15H,5-6,8,14H2,1-2H3. The molecule has 1 aromatic rings. The molecule has 0 aliphatic carbocycles. The van der Waals surface area contributed by atoms with Crippen molar-refractivity contribution < 1.29 is 4.74 Å². The van der Waals surface area contributed by atoms with Crippen LogP contribution < -0.4 is 11.1 Å². The molecule has 0 saturated heterocycles. The second-order valence-electron chi connectivity index (χ2n) is 4.13. The summed E-state index contributed by atoms with van der Waals surface area (Å²) in [5.41, 5.74) is 7.55. The number of anilines is 2. The van der Waals surface area contributed by atoms with Crippen LogP contribution in [0, 0.1) is 5.92 Å². The zero-order valence-corrected chi connectivity index (χ0v) is 11.4. The van der Waals surface area contributed by atoms with Gasteiger partial charge >= 0.3 is 0 Å². The van der Waals surface area contributed by atoms with Crippen molar-refractivity contribution in [1.82, 2.24) is 0 Å². The molecule has 0 heterocycles. The molecular weight excluding hydrogens is 268 g/mol. The average molecular weight is 287 g/mol. The number of ether oxygens (including phenoxy) is 1. The average Bonchev–Trinajstić information content (AvgIpc) is 2.20. The summed E-state index contributed by atoms with van der Waals surface area (Å²) in [6.45, 7) is 6.56. The lowest BCUT2D eigenvalue weighted by molar-refractivity contribution is 0.118. The summed E-state index contributed by atoms with van der Waals surface area (Å²) in [5, 5.41) is 3.24. The molecule has 3 N–H and O–H groups in total. The van der Waals surface area contributed by atoms with Gasteiger partial charge < -0.3 is 15.8 Å². The van der Waals surface area contributed by atoms with E-state index in [0.29, 0.717) is 12.5 Å². The lowest BCUT2D eigenvalue weighted by atomic mass is 10.2. The molecule has 1 rings (SSSR count). The van der Waals surface area contributed by atoms with Crippen LogP contribution in [0.3, 0.4) is 0 Å². The molecule has 0 saturated carbocycles. The summed E-state index contributed by atoms with van der Waals surface area (Å²) in [4.78, 5) is 0. The molecule has 90 valence electrons. The molecule has 0 amide bonds. The first-order valence-electron chi connectivity index (χ1n) is 5.46. The van der Waals surface area contributed by atoms with Gasteiger partial charge in [0.2, 0.25) is 0 Å². The number of nitrogen functional groups attached to an aromatic ring is 1. The second-order valence-corrected chi connectivity index (χ2v) is 5.04. The summed E-state index contributed by atoms with van der Waals surface area (Å²) in [6, 6.07) is 5.81. The minimum absolute atomic E-state index is 0.581. The van der Waals surface area contributed by atoms with Crippen molar-refractivity contribution in [1.29, 1.82) is 0 Å². The van der Waals surface area contributed by atoms with Crippen LogP contribution in [0.25, 0.3) is 0 Å². The number of hydrogen-bond donors (Lipinski definition) is 2. The number of hydrogen-bond acceptors (Lipinski definition) is 3. The molecule has 3 nitrogen and oxygen atoms in total. The van der Waals surface area contributed by atoms with Crippen molar-refractivity contribution in [2.24, 2.45) is 5.92 Å². The Morgan fingerprint density at radius 2 is 2.19 bits per heavy atom. The number of nitrogens with one attached hydrogen (secondary N) is 1.